The summed E-state index contributed by atoms with van der Waals surface area (Å²) in [6, 6.07) is 34.6. The van der Waals surface area contributed by atoms with Crippen LogP contribution in [0.15, 0.2) is 102 Å². The predicted molar refractivity (Wildman–Crippen MR) is 159 cm³/mol. The number of aryl methyl sites for hydroxylation is 2. The number of anilines is 2. The maximum atomic E-state index is 5.35. The van der Waals surface area contributed by atoms with E-state index in [0.717, 1.165) is 17.1 Å². The molecule has 2 aliphatic rings. The van der Waals surface area contributed by atoms with Crippen molar-refractivity contribution in [2.75, 3.05) is 4.90 Å². The first kappa shape index (κ1) is 27.5. The number of aliphatic imine (C=N–C) groups is 1. The van der Waals surface area contributed by atoms with Gasteiger partial charge in [-0.3, -0.25) is 4.99 Å². The number of hydrogen-bond donors (Lipinski definition) is 0. The van der Waals surface area contributed by atoms with Crippen molar-refractivity contribution in [3.05, 3.63) is 137 Å². The first-order valence-electron chi connectivity index (χ1n) is 13.2. The summed E-state index contributed by atoms with van der Waals surface area (Å²) < 4.78 is 0. The summed E-state index contributed by atoms with van der Waals surface area (Å²) in [5.41, 5.74) is 9.85. The Labute approximate surface area is 245 Å². The van der Waals surface area contributed by atoms with Gasteiger partial charge in [-0.1, -0.05) is 106 Å². The molecule has 0 unspecified atom stereocenters. The summed E-state index contributed by atoms with van der Waals surface area (Å²) >= 11 is 3.66. The van der Waals surface area contributed by atoms with Gasteiger partial charge in [-0.15, -0.1) is 0 Å². The van der Waals surface area contributed by atoms with Gasteiger partial charge in [0.05, 0.1) is 11.7 Å². The fourth-order valence-corrected chi connectivity index (χ4v) is 5.67. The fraction of sp³-hybridized carbons (Fsp3) is 0.235. The predicted octanol–water partition coefficient (Wildman–Crippen LogP) is 8.98. The second-order valence-electron chi connectivity index (χ2n) is 11.2. The molecule has 0 saturated heterocycles. The van der Waals surface area contributed by atoms with E-state index in [0.29, 0.717) is 0 Å². The van der Waals surface area contributed by atoms with Gasteiger partial charge in [0.1, 0.15) is 11.9 Å². The molecular formula is C34H33ClCuN3. The Morgan fingerprint density at radius 1 is 0.769 bits per heavy atom. The zero-order chi connectivity index (χ0) is 27.7. The Hall–Kier alpha value is -3.04. The van der Waals surface area contributed by atoms with E-state index in [1.54, 1.807) is 0 Å². The van der Waals surface area contributed by atoms with E-state index in [1.807, 2.05) is 0 Å². The molecule has 0 N–H and O–H groups in total. The third-order valence-corrected chi connectivity index (χ3v) is 7.52. The van der Waals surface area contributed by atoms with Gasteiger partial charge in [0.25, 0.3) is 0 Å². The molecule has 0 aliphatic carbocycles. The van der Waals surface area contributed by atoms with Gasteiger partial charge in [0.2, 0.25) is 6.67 Å². The summed E-state index contributed by atoms with van der Waals surface area (Å²) in [6.07, 6.45) is 0. The van der Waals surface area contributed by atoms with Crippen molar-refractivity contribution in [2.24, 2.45) is 4.99 Å². The average Bonchev–Trinajstić information content (AvgIpc) is 3.34. The molecule has 0 fully saturated rings. The molecular weight excluding hydrogens is 549 g/mol. The molecule has 3 nitrogen and oxygen atoms in total. The van der Waals surface area contributed by atoms with Crippen LogP contribution in [0.1, 0.15) is 66.2 Å². The number of benzene rings is 4. The summed E-state index contributed by atoms with van der Waals surface area (Å²) in [5.74, 6) is 0.983. The number of fused-ring (bicyclic) bond motifs is 3. The molecule has 202 valence electrons. The molecule has 2 aliphatic heterocycles. The number of nitrogens with zero attached hydrogens (tertiary/aromatic N) is 3. The van der Waals surface area contributed by atoms with Crippen LogP contribution < -0.4 is 4.90 Å². The molecule has 2 heterocycles. The summed E-state index contributed by atoms with van der Waals surface area (Å²) in [6.45, 7) is 15.1. The number of halogens is 1. The van der Waals surface area contributed by atoms with Gasteiger partial charge in [0.15, 0.2) is 0 Å². The average molecular weight is 583 g/mol. The zero-order valence-electron chi connectivity index (χ0n) is 22.9. The number of hydrogen-bond acceptors (Lipinski definition) is 3. The van der Waals surface area contributed by atoms with Crippen LogP contribution in [0.2, 0.25) is 0 Å². The van der Waals surface area contributed by atoms with Crippen molar-refractivity contribution >= 4 is 27.3 Å². The van der Waals surface area contributed by atoms with Gasteiger partial charge in [-0.2, -0.15) is 0 Å². The summed E-state index contributed by atoms with van der Waals surface area (Å²) in [5, 5.41) is 0. The SMILES string of the molecule is Cc1cc(C(C)(C)C)cc(C)c1N1[C]N2C(=N[C@H](c3ccccc3)[C@H]2c2ccccc2)c2ccccc21.[Cl][Cu]. The number of amidine groups is 1. The van der Waals surface area contributed by atoms with Gasteiger partial charge < -0.3 is 9.80 Å². The third kappa shape index (κ3) is 5.14. The molecule has 0 amide bonds. The molecule has 0 aromatic heterocycles. The van der Waals surface area contributed by atoms with E-state index in [4.69, 9.17) is 4.99 Å². The third-order valence-electron chi connectivity index (χ3n) is 7.52. The topological polar surface area (TPSA) is 18.8 Å². The molecule has 2 radical (unpaired) electrons. The maximum absolute atomic E-state index is 5.35. The Balaban J connectivity index is 0.00000151. The van der Waals surface area contributed by atoms with Crippen molar-refractivity contribution < 1.29 is 15.1 Å². The van der Waals surface area contributed by atoms with Gasteiger partial charge >= 0.3 is 25.2 Å². The Morgan fingerprint density at radius 3 is 1.90 bits per heavy atom. The molecule has 6 rings (SSSR count). The van der Waals surface area contributed by atoms with Gasteiger partial charge in [0, 0.05) is 11.3 Å². The molecule has 0 spiro atoms. The van der Waals surface area contributed by atoms with Crippen LogP contribution in [0.4, 0.5) is 11.4 Å². The molecule has 39 heavy (non-hydrogen) atoms. The monoisotopic (exact) mass is 581 g/mol. The summed E-state index contributed by atoms with van der Waals surface area (Å²) in [4.78, 5) is 9.88. The minimum atomic E-state index is -0.0235. The minimum absolute atomic E-state index is 0.0175. The first-order valence-corrected chi connectivity index (χ1v) is 14.5. The number of para-hydroxylation sites is 1. The van der Waals surface area contributed by atoms with Crippen LogP contribution in [0.5, 0.6) is 0 Å². The zero-order valence-corrected chi connectivity index (χ0v) is 24.6. The molecule has 2 atom stereocenters. The second kappa shape index (κ2) is 11.2. The summed E-state index contributed by atoms with van der Waals surface area (Å²) in [7, 11) is 4.20. The molecule has 5 heteroatoms. The molecule has 4 aromatic carbocycles. The van der Waals surface area contributed by atoms with Crippen LogP contribution in [-0.2, 0) is 20.5 Å². The molecule has 0 saturated carbocycles. The van der Waals surface area contributed by atoms with E-state index in [-0.39, 0.29) is 17.5 Å². The van der Waals surface area contributed by atoms with Crippen LogP contribution in [-0.4, -0.2) is 10.7 Å². The Bertz CT molecular complexity index is 1450. The Morgan fingerprint density at radius 2 is 1.31 bits per heavy atom. The standard InChI is InChI=1S/C34H33N3.ClH.Cu/c1-23-20-27(34(3,4)5)21-24(2)31(23)36-22-37-32(26-16-10-7-11-17-26)30(25-14-8-6-9-15-25)35-33(37)28-18-12-13-19-29(28)36;;/h6-21,30,32H,1-5H3;1H;/q;;+1/p-1/t30-,32-;;/m1../s1. The Kier molecular flexibility index (Phi) is 7.91. The van der Waals surface area contributed by atoms with Crippen LogP contribution in [0.3, 0.4) is 0 Å². The van der Waals surface area contributed by atoms with E-state index in [9.17, 15) is 0 Å². The fourth-order valence-electron chi connectivity index (χ4n) is 5.67. The van der Waals surface area contributed by atoms with Gasteiger partial charge in [-0.25, -0.2) is 0 Å². The van der Waals surface area contributed by atoms with Crippen molar-refractivity contribution in [1.29, 1.82) is 0 Å². The van der Waals surface area contributed by atoms with Crippen LogP contribution in [0, 0.1) is 20.5 Å². The second-order valence-corrected chi connectivity index (χ2v) is 11.2. The number of rotatable bonds is 3. The van der Waals surface area contributed by atoms with E-state index in [1.165, 1.54) is 33.5 Å². The quantitative estimate of drug-likeness (QED) is 0.225. The first-order chi connectivity index (χ1) is 18.8. The van der Waals surface area contributed by atoms with Crippen LogP contribution in [0.25, 0.3) is 0 Å². The van der Waals surface area contributed by atoms with E-state index in [2.05, 4.69) is 173 Å². The molecule has 0 bridgehead atoms. The van der Waals surface area contributed by atoms with E-state index < -0.39 is 0 Å². The van der Waals surface area contributed by atoms with Crippen molar-refractivity contribution in [1.82, 2.24) is 4.90 Å². The van der Waals surface area contributed by atoms with Crippen molar-refractivity contribution in [3.8, 4) is 0 Å². The van der Waals surface area contributed by atoms with E-state index >= 15 is 0 Å². The van der Waals surface area contributed by atoms with Crippen molar-refractivity contribution in [3.63, 3.8) is 0 Å². The van der Waals surface area contributed by atoms with Gasteiger partial charge in [-0.05, 0) is 59.2 Å². The van der Waals surface area contributed by atoms with Crippen LogP contribution >= 0.6 is 10.1 Å². The van der Waals surface area contributed by atoms with Crippen molar-refractivity contribution in [2.45, 2.75) is 52.1 Å². The normalized spacial score (nSPS) is 18.1. The molecule has 4 aromatic rings.